The van der Waals surface area contributed by atoms with Gasteiger partial charge in [-0.25, -0.2) is 9.67 Å². The second-order valence-corrected chi connectivity index (χ2v) is 8.87. The predicted octanol–water partition coefficient (Wildman–Crippen LogP) is 4.15. The van der Waals surface area contributed by atoms with Crippen LogP contribution in [0.2, 0.25) is 0 Å². The zero-order valence-electron chi connectivity index (χ0n) is 19.7. The summed E-state index contributed by atoms with van der Waals surface area (Å²) in [5, 5.41) is 5.73. The van der Waals surface area contributed by atoms with Gasteiger partial charge in [0.15, 0.2) is 5.82 Å². The molecule has 1 saturated carbocycles. The second kappa shape index (κ2) is 9.67. The number of hydrogen-bond donors (Lipinski definition) is 1. The van der Waals surface area contributed by atoms with Crippen LogP contribution in [0.1, 0.15) is 37.1 Å². The molecule has 1 amide bonds. The molecule has 1 aliphatic rings. The summed E-state index contributed by atoms with van der Waals surface area (Å²) < 4.78 is 7.29. The highest BCUT2D eigenvalue weighted by atomic mass is 16.5. The number of aryl methyl sites for hydroxylation is 1. The maximum atomic E-state index is 13.6. The molecule has 0 radical (unpaired) electrons. The number of hydrogen-bond acceptors (Lipinski definition) is 5. The Labute approximate surface area is 199 Å². The second-order valence-electron chi connectivity index (χ2n) is 8.87. The summed E-state index contributed by atoms with van der Waals surface area (Å²) in [7, 11) is 1.66. The Morgan fingerprint density at radius 1 is 1.21 bits per heavy atom. The molecule has 1 N–H and O–H groups in total. The van der Waals surface area contributed by atoms with Crippen molar-refractivity contribution in [2.45, 2.75) is 51.6 Å². The third-order valence-electron chi connectivity index (χ3n) is 6.75. The van der Waals surface area contributed by atoms with E-state index in [0.29, 0.717) is 25.3 Å². The van der Waals surface area contributed by atoms with Gasteiger partial charge in [0.1, 0.15) is 11.6 Å². The summed E-state index contributed by atoms with van der Waals surface area (Å²) in [6, 6.07) is 10.0. The number of H-pyrrole nitrogens is 1. The number of methoxy groups -OCH3 is 1. The number of fused-ring (bicyclic) bond motifs is 1. The van der Waals surface area contributed by atoms with E-state index in [0.717, 1.165) is 46.4 Å². The minimum absolute atomic E-state index is 0.155. The average Bonchev–Trinajstić information content (AvgIpc) is 3.61. The van der Waals surface area contributed by atoms with Crippen molar-refractivity contribution in [2.75, 3.05) is 13.7 Å². The number of pyridine rings is 1. The molecule has 5 rings (SSSR count). The van der Waals surface area contributed by atoms with Crippen LogP contribution in [-0.2, 0) is 17.8 Å². The fourth-order valence-electron chi connectivity index (χ4n) is 4.88. The van der Waals surface area contributed by atoms with Gasteiger partial charge in [-0.2, -0.15) is 5.10 Å². The van der Waals surface area contributed by atoms with E-state index in [9.17, 15) is 4.79 Å². The molecule has 8 heteroatoms. The van der Waals surface area contributed by atoms with Crippen LogP contribution in [0.3, 0.4) is 0 Å². The summed E-state index contributed by atoms with van der Waals surface area (Å²) >= 11 is 0. The normalized spacial score (nSPS) is 14.1. The third-order valence-corrected chi connectivity index (χ3v) is 6.75. The van der Waals surface area contributed by atoms with Crippen LogP contribution >= 0.6 is 0 Å². The molecule has 0 bridgehead atoms. The van der Waals surface area contributed by atoms with Crippen molar-refractivity contribution in [2.24, 2.45) is 0 Å². The Hall–Kier alpha value is -3.68. The largest absolute Gasteiger partial charge is 0.497 e. The van der Waals surface area contributed by atoms with Gasteiger partial charge in [0.2, 0.25) is 5.91 Å². The molecule has 34 heavy (non-hydrogen) atoms. The topological polar surface area (TPSA) is 88.9 Å². The Bertz CT molecular complexity index is 1270. The average molecular weight is 459 g/mol. The van der Waals surface area contributed by atoms with E-state index < -0.39 is 0 Å². The van der Waals surface area contributed by atoms with E-state index in [4.69, 9.17) is 9.84 Å². The first-order valence-corrected chi connectivity index (χ1v) is 11.9. The van der Waals surface area contributed by atoms with Crippen LogP contribution in [0.25, 0.3) is 22.3 Å². The lowest BCUT2D eigenvalue weighted by molar-refractivity contribution is -0.132. The molecule has 1 fully saturated rings. The van der Waals surface area contributed by atoms with E-state index in [2.05, 4.69) is 19.9 Å². The molecular formula is C26H30N6O2. The van der Waals surface area contributed by atoms with Crippen LogP contribution in [0.15, 0.2) is 48.9 Å². The molecular weight excluding hydrogens is 428 g/mol. The number of aromatic nitrogens is 5. The summed E-state index contributed by atoms with van der Waals surface area (Å²) in [6.45, 7) is 3.20. The fourth-order valence-corrected chi connectivity index (χ4v) is 4.88. The SMILES string of the molecule is COc1ccc2[nH]cc(CC(=O)N(CCn3nc(-c4ccncc4)nc3C)C3CCCC3)c2c1. The fraction of sp³-hybridized carbons (Fsp3) is 0.385. The number of rotatable bonds is 8. The van der Waals surface area contributed by atoms with E-state index >= 15 is 0 Å². The lowest BCUT2D eigenvalue weighted by atomic mass is 10.1. The highest BCUT2D eigenvalue weighted by Crippen LogP contribution is 2.27. The van der Waals surface area contributed by atoms with Crippen molar-refractivity contribution in [3.8, 4) is 17.1 Å². The molecule has 0 aliphatic heterocycles. The van der Waals surface area contributed by atoms with Crippen LogP contribution in [-0.4, -0.2) is 55.2 Å². The van der Waals surface area contributed by atoms with Gasteiger partial charge in [0, 0.05) is 47.6 Å². The van der Waals surface area contributed by atoms with Gasteiger partial charge >= 0.3 is 0 Å². The standard InChI is InChI=1S/C26H30N6O2/c1-18-29-26(19-9-11-27-12-10-19)30-32(18)14-13-31(21-5-3-4-6-21)25(33)15-20-17-28-24-8-7-22(34-2)16-23(20)24/h7-12,16-17,21,28H,3-6,13-15H2,1-2H3. The van der Waals surface area contributed by atoms with Crippen LogP contribution in [0.4, 0.5) is 0 Å². The van der Waals surface area contributed by atoms with Gasteiger partial charge < -0.3 is 14.6 Å². The van der Waals surface area contributed by atoms with Gasteiger partial charge in [0.25, 0.3) is 0 Å². The highest BCUT2D eigenvalue weighted by molar-refractivity contribution is 5.89. The van der Waals surface area contributed by atoms with E-state index in [1.807, 2.05) is 48.1 Å². The van der Waals surface area contributed by atoms with Crippen molar-refractivity contribution in [1.29, 1.82) is 0 Å². The Morgan fingerprint density at radius 2 is 2.00 bits per heavy atom. The minimum atomic E-state index is 0.155. The Balaban J connectivity index is 1.33. The van der Waals surface area contributed by atoms with E-state index in [1.165, 1.54) is 12.8 Å². The Morgan fingerprint density at radius 3 is 2.76 bits per heavy atom. The van der Waals surface area contributed by atoms with Crippen molar-refractivity contribution in [1.82, 2.24) is 29.6 Å². The van der Waals surface area contributed by atoms with Crippen LogP contribution < -0.4 is 4.74 Å². The number of benzene rings is 1. The third kappa shape index (κ3) is 4.53. The molecule has 176 valence electrons. The van der Waals surface area contributed by atoms with Gasteiger partial charge in [-0.15, -0.1) is 0 Å². The van der Waals surface area contributed by atoms with Crippen molar-refractivity contribution in [3.05, 3.63) is 60.3 Å². The lowest BCUT2D eigenvalue weighted by Crippen LogP contribution is -2.42. The van der Waals surface area contributed by atoms with Gasteiger partial charge in [-0.3, -0.25) is 9.78 Å². The van der Waals surface area contributed by atoms with Gasteiger partial charge in [-0.05, 0) is 55.7 Å². The van der Waals surface area contributed by atoms with Gasteiger partial charge in [0.05, 0.1) is 20.1 Å². The molecule has 0 atom stereocenters. The highest BCUT2D eigenvalue weighted by Gasteiger charge is 2.27. The number of carbonyl (C=O) groups excluding carboxylic acids is 1. The minimum Gasteiger partial charge on any atom is -0.497 e. The molecule has 4 aromatic rings. The van der Waals surface area contributed by atoms with Crippen molar-refractivity contribution in [3.63, 3.8) is 0 Å². The maximum Gasteiger partial charge on any atom is 0.227 e. The number of amides is 1. The zero-order valence-corrected chi connectivity index (χ0v) is 19.7. The number of carbonyl (C=O) groups is 1. The first-order chi connectivity index (χ1) is 16.6. The van der Waals surface area contributed by atoms with Crippen LogP contribution in [0, 0.1) is 6.92 Å². The van der Waals surface area contributed by atoms with Crippen molar-refractivity contribution < 1.29 is 9.53 Å². The number of nitrogens with zero attached hydrogens (tertiary/aromatic N) is 5. The predicted molar refractivity (Wildman–Crippen MR) is 131 cm³/mol. The number of ether oxygens (including phenoxy) is 1. The molecule has 1 aromatic carbocycles. The number of nitrogens with one attached hydrogen (secondary N) is 1. The number of aromatic amines is 1. The molecule has 3 heterocycles. The molecule has 8 nitrogen and oxygen atoms in total. The van der Waals surface area contributed by atoms with Crippen molar-refractivity contribution >= 4 is 16.8 Å². The monoisotopic (exact) mass is 458 g/mol. The first kappa shape index (κ1) is 22.1. The quantitative estimate of drug-likeness (QED) is 0.428. The lowest BCUT2D eigenvalue weighted by Gasteiger charge is -2.29. The molecule has 0 unspecified atom stereocenters. The zero-order chi connectivity index (χ0) is 23.5. The summed E-state index contributed by atoms with van der Waals surface area (Å²) in [4.78, 5) is 27.6. The van der Waals surface area contributed by atoms with E-state index in [-0.39, 0.29) is 11.9 Å². The smallest absolute Gasteiger partial charge is 0.227 e. The molecule has 0 spiro atoms. The summed E-state index contributed by atoms with van der Waals surface area (Å²) in [6.07, 6.45) is 10.3. The maximum absolute atomic E-state index is 13.6. The van der Waals surface area contributed by atoms with E-state index in [1.54, 1.807) is 19.5 Å². The molecule has 1 aliphatic carbocycles. The van der Waals surface area contributed by atoms with Crippen LogP contribution in [0.5, 0.6) is 5.75 Å². The molecule has 3 aromatic heterocycles. The Kier molecular flexibility index (Phi) is 6.29. The summed E-state index contributed by atoms with van der Waals surface area (Å²) in [5.41, 5.74) is 2.95. The summed E-state index contributed by atoms with van der Waals surface area (Å²) in [5.74, 6) is 2.48. The first-order valence-electron chi connectivity index (χ1n) is 11.9. The van der Waals surface area contributed by atoms with Gasteiger partial charge in [-0.1, -0.05) is 12.8 Å². The molecule has 0 saturated heterocycles.